The fourth-order valence-corrected chi connectivity index (χ4v) is 5.55. The van der Waals surface area contributed by atoms with E-state index in [1.54, 1.807) is 0 Å². The molecule has 3 atom stereocenters. The molecule has 0 aliphatic heterocycles. The first-order valence-corrected chi connectivity index (χ1v) is 17.3. The number of aryl methyl sites for hydroxylation is 1. The molecule has 4 N–H and O–H groups in total. The van der Waals surface area contributed by atoms with Gasteiger partial charge in [0.15, 0.2) is 12.4 Å². The normalized spacial score (nSPS) is 13.3. The minimum absolute atomic E-state index is 0. The molecular formula is C35H65BrN2O4. The number of aromatic nitrogens is 1. The molecule has 1 aromatic heterocycles. The van der Waals surface area contributed by atoms with Crippen molar-refractivity contribution < 1.29 is 41.7 Å². The minimum Gasteiger partial charge on any atom is -1.00 e. The van der Waals surface area contributed by atoms with Crippen LogP contribution in [0.1, 0.15) is 155 Å². The Balaban J connectivity index is 0.0000168. The van der Waals surface area contributed by atoms with Crippen molar-refractivity contribution in [2.24, 2.45) is 0 Å². The van der Waals surface area contributed by atoms with Gasteiger partial charge in [0.05, 0.1) is 18.8 Å². The van der Waals surface area contributed by atoms with Crippen LogP contribution in [0.5, 0.6) is 0 Å². The lowest BCUT2D eigenvalue weighted by Gasteiger charge is -2.26. The minimum atomic E-state index is -1.14. The van der Waals surface area contributed by atoms with E-state index in [0.717, 1.165) is 45.1 Å². The first-order valence-electron chi connectivity index (χ1n) is 17.3. The van der Waals surface area contributed by atoms with E-state index < -0.39 is 18.2 Å². The Morgan fingerprint density at radius 3 is 1.62 bits per heavy atom. The average molecular weight is 658 g/mol. The number of hydrogen-bond acceptors (Lipinski definition) is 4. The highest BCUT2D eigenvalue weighted by Crippen LogP contribution is 2.15. The third-order valence-corrected chi connectivity index (χ3v) is 8.30. The molecule has 1 heterocycles. The van der Waals surface area contributed by atoms with E-state index in [0.29, 0.717) is 12.8 Å². The van der Waals surface area contributed by atoms with Gasteiger partial charge in [-0.05, 0) is 19.3 Å². The van der Waals surface area contributed by atoms with Crippen molar-refractivity contribution in [2.75, 3.05) is 6.61 Å². The van der Waals surface area contributed by atoms with Crippen molar-refractivity contribution in [3.8, 4) is 0 Å². The van der Waals surface area contributed by atoms with Crippen molar-refractivity contribution in [2.45, 2.75) is 179 Å². The second-order valence-corrected chi connectivity index (χ2v) is 12.1. The average Bonchev–Trinajstić information content (AvgIpc) is 2.99. The monoisotopic (exact) mass is 656 g/mol. The van der Waals surface area contributed by atoms with Crippen molar-refractivity contribution >= 4 is 5.91 Å². The number of carbonyl (C=O) groups excluding carboxylic acids is 1. The van der Waals surface area contributed by atoms with E-state index in [2.05, 4.69) is 41.3 Å². The Bertz CT molecular complexity index is 709. The molecule has 6 nitrogen and oxygen atoms in total. The fourth-order valence-electron chi connectivity index (χ4n) is 5.55. The smallest absolute Gasteiger partial charge is 0.220 e. The molecule has 0 aliphatic carbocycles. The molecule has 42 heavy (non-hydrogen) atoms. The van der Waals surface area contributed by atoms with E-state index in [-0.39, 0.29) is 29.5 Å². The zero-order valence-corrected chi connectivity index (χ0v) is 28.5. The molecule has 0 radical (unpaired) electrons. The van der Waals surface area contributed by atoms with Gasteiger partial charge in [-0.15, -0.1) is 0 Å². The lowest BCUT2D eigenvalue weighted by Crippen LogP contribution is -3.00. The highest BCUT2D eigenvalue weighted by Gasteiger charge is 2.26. The third kappa shape index (κ3) is 23.4. The molecule has 1 aromatic rings. The van der Waals surface area contributed by atoms with Gasteiger partial charge in [0.1, 0.15) is 12.6 Å². The molecule has 7 heteroatoms. The van der Waals surface area contributed by atoms with E-state index in [1.807, 2.05) is 6.07 Å². The summed E-state index contributed by atoms with van der Waals surface area (Å²) in [6, 6.07) is 5.38. The van der Waals surface area contributed by atoms with E-state index in [9.17, 15) is 20.1 Å². The first-order chi connectivity index (χ1) is 20.1. The van der Waals surface area contributed by atoms with Gasteiger partial charge in [-0.2, -0.15) is 0 Å². The Labute approximate surface area is 268 Å². The van der Waals surface area contributed by atoms with Gasteiger partial charge in [-0.25, -0.2) is 4.57 Å². The number of nitrogens with zero attached hydrogens (tertiary/aromatic N) is 1. The second kappa shape index (κ2) is 30.0. The maximum atomic E-state index is 12.3. The molecule has 0 saturated heterocycles. The fraction of sp³-hybridized carbons (Fsp3) is 0.829. The van der Waals surface area contributed by atoms with Crippen LogP contribution < -0.4 is 26.9 Å². The van der Waals surface area contributed by atoms with Crippen molar-refractivity contribution in [3.05, 3.63) is 30.6 Å². The molecule has 0 bridgehead atoms. The van der Waals surface area contributed by atoms with Crippen LogP contribution >= 0.6 is 0 Å². The number of rotatable bonds is 29. The number of unbranched alkanes of at least 4 members (excludes halogenated alkanes) is 19. The molecule has 1 amide bonds. The Hall–Kier alpha value is -1.02. The van der Waals surface area contributed by atoms with Gasteiger partial charge in [-0.1, -0.05) is 129 Å². The summed E-state index contributed by atoms with van der Waals surface area (Å²) in [5, 5.41) is 33.3. The van der Waals surface area contributed by atoms with Crippen LogP contribution in [0.3, 0.4) is 0 Å². The van der Waals surface area contributed by atoms with Gasteiger partial charge in [-0.3, -0.25) is 4.79 Å². The SMILES string of the molecule is CCCCCCCCCCCCCC[C@@H](O)[C@@H](O)[C@H](CO)NC(=O)CCCCCCCCCCC[n+]1ccccc1.[Br-]. The topological polar surface area (TPSA) is 93.7 Å². The number of hydrogen-bond donors (Lipinski definition) is 4. The summed E-state index contributed by atoms with van der Waals surface area (Å²) in [5.41, 5.74) is 0. The molecule has 0 unspecified atom stereocenters. The Morgan fingerprint density at radius 2 is 1.12 bits per heavy atom. The second-order valence-electron chi connectivity index (χ2n) is 12.1. The van der Waals surface area contributed by atoms with Crippen molar-refractivity contribution in [1.29, 1.82) is 0 Å². The number of nitrogens with one attached hydrogen (secondary N) is 1. The summed E-state index contributed by atoms with van der Waals surface area (Å²) in [7, 11) is 0. The van der Waals surface area contributed by atoms with Crippen molar-refractivity contribution in [3.63, 3.8) is 0 Å². The summed E-state index contributed by atoms with van der Waals surface area (Å²) in [6.07, 6.45) is 28.6. The predicted molar refractivity (Wildman–Crippen MR) is 170 cm³/mol. The Morgan fingerprint density at radius 1 is 0.667 bits per heavy atom. The van der Waals surface area contributed by atoms with Crippen LogP contribution in [0.15, 0.2) is 30.6 Å². The zero-order chi connectivity index (χ0) is 29.8. The molecule has 0 aliphatic rings. The van der Waals surface area contributed by atoms with Crippen LogP contribution in [-0.4, -0.2) is 46.1 Å². The molecular weight excluding hydrogens is 592 g/mol. The number of aliphatic hydroxyl groups is 3. The summed E-state index contributed by atoms with van der Waals surface area (Å²) in [4.78, 5) is 12.3. The molecule has 0 aromatic carbocycles. The molecule has 246 valence electrons. The summed E-state index contributed by atoms with van der Waals surface area (Å²) < 4.78 is 2.24. The maximum Gasteiger partial charge on any atom is 0.220 e. The van der Waals surface area contributed by atoms with Gasteiger partial charge >= 0.3 is 0 Å². The number of aliphatic hydroxyl groups excluding tert-OH is 3. The van der Waals surface area contributed by atoms with Crippen LogP contribution in [0.2, 0.25) is 0 Å². The van der Waals surface area contributed by atoms with Crippen LogP contribution in [0, 0.1) is 0 Å². The van der Waals surface area contributed by atoms with Gasteiger partial charge in [0.2, 0.25) is 5.91 Å². The first kappa shape index (κ1) is 41.0. The lowest BCUT2D eigenvalue weighted by atomic mass is 9.99. The van der Waals surface area contributed by atoms with E-state index in [4.69, 9.17) is 0 Å². The summed E-state index contributed by atoms with van der Waals surface area (Å²) >= 11 is 0. The van der Waals surface area contributed by atoms with Crippen LogP contribution in [-0.2, 0) is 11.3 Å². The standard InChI is InChI=1S/C35H64N2O4.BrH/c1-2-3-4-5-6-7-8-9-11-14-17-21-26-33(39)35(41)32(31-38)36-34(40)27-22-18-15-12-10-13-16-19-23-28-37-29-24-20-25-30-37;/h20,24-25,29-30,32-33,35,38-39,41H,2-19,21-23,26-28,31H2,1H3;1H/t32-,33+,35-;/m0./s1. The van der Waals surface area contributed by atoms with Gasteiger partial charge in [0, 0.05) is 25.0 Å². The predicted octanol–water partition coefficient (Wildman–Crippen LogP) is 4.17. The summed E-state index contributed by atoms with van der Waals surface area (Å²) in [6.45, 7) is 2.98. The van der Waals surface area contributed by atoms with Crippen LogP contribution in [0.25, 0.3) is 0 Å². The molecule has 0 spiro atoms. The highest BCUT2D eigenvalue weighted by molar-refractivity contribution is 5.76. The summed E-state index contributed by atoms with van der Waals surface area (Å²) in [5.74, 6) is -0.156. The van der Waals surface area contributed by atoms with Gasteiger partial charge < -0.3 is 37.6 Å². The maximum absolute atomic E-state index is 12.3. The number of carbonyl (C=O) groups is 1. The Kier molecular flexibility index (Phi) is 29.3. The lowest BCUT2D eigenvalue weighted by molar-refractivity contribution is -0.697. The number of pyridine rings is 1. The van der Waals surface area contributed by atoms with E-state index >= 15 is 0 Å². The van der Waals surface area contributed by atoms with E-state index in [1.165, 1.54) is 96.3 Å². The molecule has 1 rings (SSSR count). The third-order valence-electron chi connectivity index (χ3n) is 8.30. The molecule has 0 saturated carbocycles. The highest BCUT2D eigenvalue weighted by atomic mass is 79.9. The van der Waals surface area contributed by atoms with Crippen molar-refractivity contribution in [1.82, 2.24) is 5.32 Å². The van der Waals surface area contributed by atoms with Gasteiger partial charge in [0.25, 0.3) is 0 Å². The van der Waals surface area contributed by atoms with Crippen LogP contribution in [0.4, 0.5) is 0 Å². The largest absolute Gasteiger partial charge is 1.00 e. The zero-order valence-electron chi connectivity index (χ0n) is 26.9. The molecule has 0 fully saturated rings. The quantitative estimate of drug-likeness (QED) is 0.0769. The number of halogens is 1. The number of amides is 1.